The molecule has 0 radical (unpaired) electrons. The van der Waals surface area contributed by atoms with Gasteiger partial charge in [-0.15, -0.1) is 0 Å². The Hall–Kier alpha value is -2.93. The number of hydrogen-bond donors (Lipinski definition) is 4. The summed E-state index contributed by atoms with van der Waals surface area (Å²) in [6.45, 7) is -0.114. The summed E-state index contributed by atoms with van der Waals surface area (Å²) >= 11 is 0. The molecule has 0 saturated carbocycles. The van der Waals surface area contributed by atoms with Gasteiger partial charge in [-0.3, -0.25) is 9.59 Å². The molecular weight excluding hydrogens is 308 g/mol. The number of nitrogen functional groups attached to an aromatic ring is 1. The lowest BCUT2D eigenvalue weighted by Gasteiger charge is -2.09. The quantitative estimate of drug-likeness (QED) is 0.588. The van der Waals surface area contributed by atoms with Gasteiger partial charge in [0.2, 0.25) is 0 Å². The molecule has 1 heterocycles. The Balaban J connectivity index is 1.88. The molecule has 126 valence electrons. The third-order valence-corrected chi connectivity index (χ3v) is 3.51. The molecule has 0 aliphatic carbocycles. The molecule has 24 heavy (non-hydrogen) atoms. The van der Waals surface area contributed by atoms with Crippen molar-refractivity contribution in [2.24, 2.45) is 5.73 Å². The fourth-order valence-electron chi connectivity index (χ4n) is 2.12. The molecule has 7 heteroatoms. The van der Waals surface area contributed by atoms with E-state index in [1.165, 1.54) is 0 Å². The van der Waals surface area contributed by atoms with Crippen molar-refractivity contribution in [2.75, 3.05) is 12.3 Å². The van der Waals surface area contributed by atoms with Crippen LogP contribution in [0.3, 0.4) is 0 Å². The number of carbonyl (C=O) groups is 2. The number of carbonyl (C=O) groups excluding carboxylic acids is 1. The van der Waals surface area contributed by atoms with E-state index in [0.717, 1.165) is 24.1 Å². The van der Waals surface area contributed by atoms with E-state index in [9.17, 15) is 9.59 Å². The number of nitrogens with one attached hydrogen (secondary N) is 1. The van der Waals surface area contributed by atoms with Gasteiger partial charge in [0, 0.05) is 17.8 Å². The Morgan fingerprint density at radius 3 is 2.46 bits per heavy atom. The molecule has 0 aliphatic heterocycles. The van der Waals surface area contributed by atoms with Crippen LogP contribution in [-0.4, -0.2) is 34.6 Å². The molecule has 0 bridgehead atoms. The van der Waals surface area contributed by atoms with Gasteiger partial charge in [0.25, 0.3) is 5.91 Å². The van der Waals surface area contributed by atoms with Crippen molar-refractivity contribution in [3.8, 4) is 0 Å². The monoisotopic (exact) mass is 328 g/mol. The molecule has 2 aromatic rings. The summed E-state index contributed by atoms with van der Waals surface area (Å²) in [6, 6.07) is 11.5. The van der Waals surface area contributed by atoms with Gasteiger partial charge in [-0.05, 0) is 42.7 Å². The minimum Gasteiger partial charge on any atom is -0.480 e. The van der Waals surface area contributed by atoms with Crippen molar-refractivity contribution in [2.45, 2.75) is 18.9 Å². The van der Waals surface area contributed by atoms with E-state index in [-0.39, 0.29) is 12.5 Å². The first-order chi connectivity index (χ1) is 11.5. The van der Waals surface area contributed by atoms with Crippen molar-refractivity contribution in [3.63, 3.8) is 0 Å². The number of carboxylic acids is 1. The van der Waals surface area contributed by atoms with Crippen LogP contribution >= 0.6 is 0 Å². The molecule has 0 unspecified atom stereocenters. The number of pyridine rings is 1. The molecule has 1 atom stereocenters. The highest BCUT2D eigenvalue weighted by molar-refractivity contribution is 5.94. The smallest absolute Gasteiger partial charge is 0.322 e. The SMILES string of the molecule is Nc1cccc(CCc2ccc(C(=O)NC[C@H](N)C(=O)O)cc2)n1. The molecule has 0 spiro atoms. The Bertz CT molecular complexity index is 716. The van der Waals surface area contributed by atoms with Gasteiger partial charge in [0.05, 0.1) is 0 Å². The largest absolute Gasteiger partial charge is 0.480 e. The van der Waals surface area contributed by atoms with Gasteiger partial charge in [-0.25, -0.2) is 4.98 Å². The fraction of sp³-hybridized carbons (Fsp3) is 0.235. The second-order valence-electron chi connectivity index (χ2n) is 5.41. The second kappa shape index (κ2) is 8.07. The molecule has 7 nitrogen and oxygen atoms in total. The Kier molecular flexibility index (Phi) is 5.86. The van der Waals surface area contributed by atoms with Crippen LogP contribution in [0.4, 0.5) is 5.82 Å². The number of carboxylic acid groups (broad SMARTS) is 1. The van der Waals surface area contributed by atoms with Crippen LogP contribution in [-0.2, 0) is 17.6 Å². The molecule has 0 aliphatic rings. The van der Waals surface area contributed by atoms with E-state index >= 15 is 0 Å². The highest BCUT2D eigenvalue weighted by Gasteiger charge is 2.13. The fourth-order valence-corrected chi connectivity index (χ4v) is 2.12. The van der Waals surface area contributed by atoms with Crippen molar-refractivity contribution in [3.05, 3.63) is 59.3 Å². The van der Waals surface area contributed by atoms with E-state index < -0.39 is 12.0 Å². The minimum absolute atomic E-state index is 0.114. The third kappa shape index (κ3) is 5.06. The first kappa shape index (κ1) is 17.4. The number of rotatable bonds is 7. The molecule has 0 fully saturated rings. The predicted molar refractivity (Wildman–Crippen MR) is 90.4 cm³/mol. The van der Waals surface area contributed by atoms with Crippen molar-refractivity contribution < 1.29 is 14.7 Å². The topological polar surface area (TPSA) is 131 Å². The van der Waals surface area contributed by atoms with E-state index in [1.807, 2.05) is 24.3 Å². The zero-order valence-corrected chi connectivity index (χ0v) is 13.1. The Labute approximate surface area is 139 Å². The maximum atomic E-state index is 11.9. The van der Waals surface area contributed by atoms with E-state index in [1.54, 1.807) is 18.2 Å². The van der Waals surface area contributed by atoms with Crippen LogP contribution in [0.5, 0.6) is 0 Å². The maximum absolute atomic E-state index is 11.9. The lowest BCUT2D eigenvalue weighted by Crippen LogP contribution is -2.42. The van der Waals surface area contributed by atoms with Crippen molar-refractivity contribution >= 4 is 17.7 Å². The van der Waals surface area contributed by atoms with Crippen LogP contribution in [0.25, 0.3) is 0 Å². The van der Waals surface area contributed by atoms with Gasteiger partial charge in [-0.1, -0.05) is 18.2 Å². The average molecular weight is 328 g/mol. The summed E-state index contributed by atoms with van der Waals surface area (Å²) in [6.07, 6.45) is 1.53. The zero-order valence-electron chi connectivity index (χ0n) is 13.1. The normalized spacial score (nSPS) is 11.7. The summed E-state index contributed by atoms with van der Waals surface area (Å²) in [4.78, 5) is 26.8. The maximum Gasteiger partial charge on any atom is 0.322 e. The van der Waals surface area contributed by atoms with Crippen molar-refractivity contribution in [1.29, 1.82) is 0 Å². The molecule has 1 aromatic carbocycles. The first-order valence-electron chi connectivity index (χ1n) is 7.52. The summed E-state index contributed by atoms with van der Waals surface area (Å²) in [5.41, 5.74) is 13.4. The Morgan fingerprint density at radius 2 is 1.83 bits per heavy atom. The van der Waals surface area contributed by atoms with Gasteiger partial charge >= 0.3 is 5.97 Å². The number of anilines is 1. The predicted octanol–water partition coefficient (Wildman–Crippen LogP) is 0.591. The number of aromatic nitrogens is 1. The average Bonchev–Trinajstić information content (AvgIpc) is 2.58. The number of aryl methyl sites for hydroxylation is 2. The highest BCUT2D eigenvalue weighted by Crippen LogP contribution is 2.09. The summed E-state index contributed by atoms with van der Waals surface area (Å²) < 4.78 is 0. The molecule has 1 aromatic heterocycles. The summed E-state index contributed by atoms with van der Waals surface area (Å²) in [7, 11) is 0. The zero-order chi connectivity index (χ0) is 17.5. The van der Waals surface area contributed by atoms with Crippen LogP contribution < -0.4 is 16.8 Å². The van der Waals surface area contributed by atoms with Crippen LogP contribution in [0.2, 0.25) is 0 Å². The van der Waals surface area contributed by atoms with Crippen LogP contribution in [0.15, 0.2) is 42.5 Å². The lowest BCUT2D eigenvalue weighted by atomic mass is 10.1. The van der Waals surface area contributed by atoms with Gasteiger partial charge < -0.3 is 21.9 Å². The van der Waals surface area contributed by atoms with Gasteiger partial charge in [-0.2, -0.15) is 0 Å². The molecule has 6 N–H and O–H groups in total. The highest BCUT2D eigenvalue weighted by atomic mass is 16.4. The summed E-state index contributed by atoms with van der Waals surface area (Å²) in [5.74, 6) is -1.00. The standard InChI is InChI=1S/C17H20N4O3/c18-14(17(23)24)10-20-16(22)12-7-4-11(5-8-12)6-9-13-2-1-3-15(19)21-13/h1-5,7-8,14H,6,9-10,18H2,(H2,19,21)(H,20,22)(H,23,24)/t14-/m0/s1. The molecular formula is C17H20N4O3. The van der Waals surface area contributed by atoms with Crippen LogP contribution in [0.1, 0.15) is 21.6 Å². The molecule has 2 rings (SSSR count). The molecule has 1 amide bonds. The second-order valence-corrected chi connectivity index (χ2v) is 5.41. The third-order valence-electron chi connectivity index (χ3n) is 3.51. The van der Waals surface area contributed by atoms with Gasteiger partial charge in [0.15, 0.2) is 0 Å². The van der Waals surface area contributed by atoms with Gasteiger partial charge in [0.1, 0.15) is 11.9 Å². The molecule has 0 saturated heterocycles. The Morgan fingerprint density at radius 1 is 1.12 bits per heavy atom. The van der Waals surface area contributed by atoms with E-state index in [2.05, 4.69) is 10.3 Å². The minimum atomic E-state index is -1.15. The van der Waals surface area contributed by atoms with Crippen LogP contribution in [0, 0.1) is 0 Å². The van der Waals surface area contributed by atoms with E-state index in [4.69, 9.17) is 16.6 Å². The number of nitrogens with two attached hydrogens (primary N) is 2. The number of nitrogens with zero attached hydrogens (tertiary/aromatic N) is 1. The lowest BCUT2D eigenvalue weighted by molar-refractivity contribution is -0.138. The van der Waals surface area contributed by atoms with Crippen molar-refractivity contribution in [1.82, 2.24) is 10.3 Å². The van der Waals surface area contributed by atoms with E-state index in [0.29, 0.717) is 11.4 Å². The number of amides is 1. The first-order valence-corrected chi connectivity index (χ1v) is 7.52. The number of benzene rings is 1. The summed E-state index contributed by atoms with van der Waals surface area (Å²) in [5, 5.41) is 11.2. The number of aliphatic carboxylic acids is 1. The number of hydrogen-bond acceptors (Lipinski definition) is 5.